The van der Waals surface area contributed by atoms with Crippen LogP contribution in [-0.2, 0) is 14.8 Å². The van der Waals surface area contributed by atoms with Crippen molar-refractivity contribution in [2.45, 2.75) is 31.6 Å². The monoisotopic (exact) mass is 383 g/mol. The van der Waals surface area contributed by atoms with Crippen molar-refractivity contribution in [3.63, 3.8) is 0 Å². The number of carbonyl (C=O) groups excluding carboxylic acids is 1. The highest BCUT2D eigenvalue weighted by Gasteiger charge is 2.27. The van der Waals surface area contributed by atoms with Gasteiger partial charge >= 0.3 is 12.0 Å². The summed E-state index contributed by atoms with van der Waals surface area (Å²) in [6.45, 7) is 5.12. The van der Waals surface area contributed by atoms with Crippen LogP contribution in [0.5, 0.6) is 0 Å². The second-order valence-corrected chi connectivity index (χ2v) is 8.08. The third-order valence-corrected chi connectivity index (χ3v) is 6.64. The summed E-state index contributed by atoms with van der Waals surface area (Å²) >= 11 is 0. The maximum Gasteiger partial charge on any atom is 0.321 e. The second kappa shape index (κ2) is 8.50. The molecule has 144 valence electrons. The Bertz CT molecular complexity index is 736. The molecule has 1 saturated heterocycles. The molecular weight excluding hydrogens is 358 g/mol. The van der Waals surface area contributed by atoms with Gasteiger partial charge in [0.15, 0.2) is 0 Å². The van der Waals surface area contributed by atoms with Gasteiger partial charge < -0.3 is 15.3 Å². The van der Waals surface area contributed by atoms with Gasteiger partial charge in [-0.25, -0.2) is 13.2 Å². The summed E-state index contributed by atoms with van der Waals surface area (Å²) in [5.41, 5.74) is 0.494. The molecule has 1 aliphatic heterocycles. The van der Waals surface area contributed by atoms with Crippen LogP contribution in [0, 0.1) is 5.92 Å². The summed E-state index contributed by atoms with van der Waals surface area (Å²) in [6, 6.07) is 5.74. The number of likely N-dealkylation sites (tertiary alicyclic amines) is 1. The summed E-state index contributed by atoms with van der Waals surface area (Å²) in [7, 11) is -3.53. The average Bonchev–Trinajstić information content (AvgIpc) is 2.63. The number of sulfonamides is 1. The number of aliphatic carboxylic acids is 1. The van der Waals surface area contributed by atoms with Crippen molar-refractivity contribution >= 4 is 27.7 Å². The molecule has 2 amide bonds. The Hall–Kier alpha value is -2.13. The Balaban J connectivity index is 1.99. The molecule has 0 bridgehead atoms. The zero-order valence-electron chi connectivity index (χ0n) is 15.0. The number of hydrogen-bond acceptors (Lipinski definition) is 4. The maximum atomic E-state index is 12.4. The number of anilines is 1. The highest BCUT2D eigenvalue weighted by Crippen LogP contribution is 2.20. The Morgan fingerprint density at radius 2 is 1.69 bits per heavy atom. The van der Waals surface area contributed by atoms with Crippen molar-refractivity contribution in [1.29, 1.82) is 0 Å². The Morgan fingerprint density at radius 1 is 1.15 bits per heavy atom. The number of carboxylic acid groups (broad SMARTS) is 1. The molecule has 0 spiro atoms. The molecule has 2 N–H and O–H groups in total. The maximum absolute atomic E-state index is 12.4. The SMILES string of the molecule is CCN(CC)S(=O)(=O)c1ccc(NC(=O)N2CCC(C(=O)O)CC2)cc1. The van der Waals surface area contributed by atoms with Crippen LogP contribution in [0.2, 0.25) is 0 Å². The van der Waals surface area contributed by atoms with Gasteiger partial charge in [-0.1, -0.05) is 13.8 Å². The van der Waals surface area contributed by atoms with Crippen LogP contribution < -0.4 is 5.32 Å². The van der Waals surface area contributed by atoms with Gasteiger partial charge in [-0.2, -0.15) is 4.31 Å². The minimum absolute atomic E-state index is 0.182. The predicted molar refractivity (Wildman–Crippen MR) is 97.5 cm³/mol. The fourth-order valence-electron chi connectivity index (χ4n) is 2.95. The number of nitrogens with one attached hydrogen (secondary N) is 1. The third-order valence-electron chi connectivity index (χ3n) is 4.58. The molecule has 1 aromatic rings. The minimum atomic E-state index is -3.53. The molecule has 0 unspecified atom stereocenters. The second-order valence-electron chi connectivity index (χ2n) is 6.14. The number of piperidine rings is 1. The fraction of sp³-hybridized carbons (Fsp3) is 0.529. The quantitative estimate of drug-likeness (QED) is 0.782. The van der Waals surface area contributed by atoms with Crippen LogP contribution in [0.25, 0.3) is 0 Å². The van der Waals surface area contributed by atoms with E-state index in [4.69, 9.17) is 5.11 Å². The van der Waals surface area contributed by atoms with E-state index >= 15 is 0 Å². The number of urea groups is 1. The van der Waals surface area contributed by atoms with Gasteiger partial charge in [0.05, 0.1) is 10.8 Å². The number of carboxylic acids is 1. The van der Waals surface area contributed by atoms with E-state index in [1.165, 1.54) is 16.4 Å². The minimum Gasteiger partial charge on any atom is -0.481 e. The van der Waals surface area contributed by atoms with E-state index in [0.717, 1.165) is 0 Å². The zero-order chi connectivity index (χ0) is 19.3. The van der Waals surface area contributed by atoms with E-state index in [1.807, 2.05) is 0 Å². The Kier molecular flexibility index (Phi) is 6.60. The lowest BCUT2D eigenvalue weighted by Gasteiger charge is -2.30. The smallest absolute Gasteiger partial charge is 0.321 e. The van der Waals surface area contributed by atoms with Crippen molar-refractivity contribution in [2.24, 2.45) is 5.92 Å². The number of rotatable bonds is 6. The first-order valence-electron chi connectivity index (χ1n) is 8.68. The lowest BCUT2D eigenvalue weighted by atomic mass is 9.97. The lowest BCUT2D eigenvalue weighted by Crippen LogP contribution is -2.42. The standard InChI is InChI=1S/C17H25N3O5S/c1-3-20(4-2)26(24,25)15-7-5-14(6-8-15)18-17(23)19-11-9-13(10-12-19)16(21)22/h5-8,13H,3-4,9-12H2,1-2H3,(H,18,23)(H,21,22). The molecule has 8 nitrogen and oxygen atoms in total. The van der Waals surface area contributed by atoms with E-state index in [-0.39, 0.29) is 10.9 Å². The summed E-state index contributed by atoms with van der Waals surface area (Å²) < 4.78 is 26.3. The molecule has 0 atom stereocenters. The van der Waals surface area contributed by atoms with Crippen LogP contribution in [-0.4, -0.2) is 60.9 Å². The highest BCUT2D eigenvalue weighted by molar-refractivity contribution is 7.89. The molecule has 2 rings (SSSR count). The topological polar surface area (TPSA) is 107 Å². The van der Waals surface area contributed by atoms with Crippen LogP contribution >= 0.6 is 0 Å². The summed E-state index contributed by atoms with van der Waals surface area (Å²) in [4.78, 5) is 25.0. The molecule has 9 heteroatoms. The first kappa shape index (κ1) is 20.2. The van der Waals surface area contributed by atoms with Gasteiger partial charge in [0.2, 0.25) is 10.0 Å². The molecular formula is C17H25N3O5S. The molecule has 0 aliphatic carbocycles. The number of amides is 2. The summed E-state index contributed by atoms with van der Waals surface area (Å²) in [5.74, 6) is -1.22. The van der Waals surface area contributed by atoms with Gasteiger partial charge in [0.25, 0.3) is 0 Å². The third kappa shape index (κ3) is 4.53. The molecule has 1 aliphatic rings. The van der Waals surface area contributed by atoms with E-state index in [0.29, 0.717) is 44.7 Å². The normalized spacial score (nSPS) is 15.9. The lowest BCUT2D eigenvalue weighted by molar-refractivity contribution is -0.143. The zero-order valence-corrected chi connectivity index (χ0v) is 15.8. The van der Waals surface area contributed by atoms with Gasteiger partial charge in [0, 0.05) is 31.9 Å². The van der Waals surface area contributed by atoms with Crippen LogP contribution in [0.3, 0.4) is 0 Å². The summed E-state index contributed by atoms with van der Waals surface area (Å²) in [5, 5.41) is 11.7. The molecule has 0 radical (unpaired) electrons. The van der Waals surface area contributed by atoms with E-state index in [1.54, 1.807) is 30.9 Å². The van der Waals surface area contributed by atoms with Crippen molar-refractivity contribution in [2.75, 3.05) is 31.5 Å². The van der Waals surface area contributed by atoms with E-state index in [2.05, 4.69) is 5.32 Å². The first-order chi connectivity index (χ1) is 12.3. The molecule has 1 aromatic carbocycles. The highest BCUT2D eigenvalue weighted by atomic mass is 32.2. The molecule has 1 fully saturated rings. The number of benzene rings is 1. The Labute approximate surface area is 153 Å². The first-order valence-corrected chi connectivity index (χ1v) is 10.1. The van der Waals surface area contributed by atoms with Crippen molar-refractivity contribution in [3.05, 3.63) is 24.3 Å². The van der Waals surface area contributed by atoms with E-state index in [9.17, 15) is 18.0 Å². The summed E-state index contributed by atoms with van der Waals surface area (Å²) in [6.07, 6.45) is 0.869. The van der Waals surface area contributed by atoms with E-state index < -0.39 is 21.9 Å². The molecule has 1 heterocycles. The number of nitrogens with zero attached hydrogens (tertiary/aromatic N) is 2. The number of hydrogen-bond donors (Lipinski definition) is 2. The largest absolute Gasteiger partial charge is 0.481 e. The van der Waals surface area contributed by atoms with Gasteiger partial charge in [-0.15, -0.1) is 0 Å². The molecule has 26 heavy (non-hydrogen) atoms. The molecule has 0 aromatic heterocycles. The van der Waals surface area contributed by atoms with Crippen LogP contribution in [0.15, 0.2) is 29.2 Å². The van der Waals surface area contributed by atoms with Crippen LogP contribution in [0.1, 0.15) is 26.7 Å². The van der Waals surface area contributed by atoms with Crippen molar-refractivity contribution < 1.29 is 23.1 Å². The fourth-order valence-corrected chi connectivity index (χ4v) is 4.41. The molecule has 0 saturated carbocycles. The number of carbonyl (C=O) groups is 2. The van der Waals surface area contributed by atoms with Crippen molar-refractivity contribution in [1.82, 2.24) is 9.21 Å². The predicted octanol–water partition coefficient (Wildman–Crippen LogP) is 2.05. The van der Waals surface area contributed by atoms with Gasteiger partial charge in [-0.05, 0) is 37.1 Å². The van der Waals surface area contributed by atoms with Gasteiger partial charge in [-0.3, -0.25) is 4.79 Å². The van der Waals surface area contributed by atoms with Crippen LogP contribution in [0.4, 0.5) is 10.5 Å². The Morgan fingerprint density at radius 3 is 2.15 bits per heavy atom. The van der Waals surface area contributed by atoms with Crippen molar-refractivity contribution in [3.8, 4) is 0 Å². The van der Waals surface area contributed by atoms with Gasteiger partial charge in [0.1, 0.15) is 0 Å². The average molecular weight is 383 g/mol.